The predicted octanol–water partition coefficient (Wildman–Crippen LogP) is 3.40. The Kier molecular flexibility index (Phi) is 5.84. The first-order valence-corrected chi connectivity index (χ1v) is 8.56. The minimum absolute atomic E-state index is 0.110. The summed E-state index contributed by atoms with van der Waals surface area (Å²) in [5.41, 5.74) is 6.19. The van der Waals surface area contributed by atoms with E-state index < -0.39 is 0 Å². The van der Waals surface area contributed by atoms with Crippen LogP contribution in [-0.4, -0.2) is 37.2 Å². The fraction of sp³-hybridized carbons (Fsp3) is 0.714. The molecule has 2 N–H and O–H groups in total. The molecular weight excluding hydrogens is 324 g/mol. The summed E-state index contributed by atoms with van der Waals surface area (Å²) in [6.45, 7) is 3.95. The number of thiophene rings is 1. The van der Waals surface area contributed by atoms with Crippen LogP contribution in [0.25, 0.3) is 0 Å². The van der Waals surface area contributed by atoms with Crippen molar-refractivity contribution in [2.45, 2.75) is 44.4 Å². The average molecular weight is 347 g/mol. The van der Waals surface area contributed by atoms with Gasteiger partial charge in [-0.2, -0.15) is 0 Å². The quantitative estimate of drug-likeness (QED) is 0.887. The van der Waals surface area contributed by atoms with Crippen LogP contribution in [0.5, 0.6) is 0 Å². The van der Waals surface area contributed by atoms with Gasteiger partial charge in [0.1, 0.15) is 0 Å². The van der Waals surface area contributed by atoms with Gasteiger partial charge in [-0.1, -0.05) is 0 Å². The fourth-order valence-corrected chi connectivity index (χ4v) is 4.47. The molecule has 1 saturated heterocycles. The van der Waals surface area contributed by atoms with Gasteiger partial charge in [0.2, 0.25) is 0 Å². The summed E-state index contributed by atoms with van der Waals surface area (Å²) in [4.78, 5) is 3.67. The number of likely N-dealkylation sites (N-methyl/N-ethyl adjacent to an activating group) is 1. The normalized spacial score (nSPS) is 23.5. The summed E-state index contributed by atoms with van der Waals surface area (Å²) in [7, 11) is 2.15. The number of hydrogen-bond acceptors (Lipinski definition) is 4. The van der Waals surface area contributed by atoms with E-state index in [1.54, 1.807) is 11.3 Å². The number of nitrogens with two attached hydrogens (primary N) is 1. The second-order valence-electron chi connectivity index (χ2n) is 5.40. The molecule has 0 radical (unpaired) electrons. The zero-order valence-corrected chi connectivity index (χ0v) is 14.0. The topological polar surface area (TPSA) is 38.5 Å². The molecule has 5 heteroatoms. The first-order chi connectivity index (χ1) is 9.08. The van der Waals surface area contributed by atoms with Gasteiger partial charge in [0.25, 0.3) is 0 Å². The van der Waals surface area contributed by atoms with E-state index in [9.17, 15) is 0 Å². The summed E-state index contributed by atoms with van der Waals surface area (Å²) in [5, 5.41) is 2.12. The van der Waals surface area contributed by atoms with Gasteiger partial charge in [0.05, 0.1) is 12.1 Å². The maximum Gasteiger partial charge on any atom is 0.0702 e. The fourth-order valence-electron chi connectivity index (χ4n) is 2.75. The lowest BCUT2D eigenvalue weighted by Crippen LogP contribution is -2.41. The number of ether oxygens (including phenoxy) is 1. The van der Waals surface area contributed by atoms with Crippen molar-refractivity contribution in [3.05, 3.63) is 20.8 Å². The number of nitrogens with zero attached hydrogens (tertiary/aromatic N) is 1. The third-order valence-corrected chi connectivity index (χ3v) is 5.38. The summed E-state index contributed by atoms with van der Waals surface area (Å²) in [6, 6.07) is 2.55. The molecule has 2 rings (SSSR count). The molecule has 3 unspecified atom stereocenters. The second-order valence-corrected chi connectivity index (χ2v) is 7.26. The first kappa shape index (κ1) is 15.4. The van der Waals surface area contributed by atoms with Gasteiger partial charge in [-0.3, -0.25) is 4.90 Å². The van der Waals surface area contributed by atoms with Crippen molar-refractivity contribution >= 4 is 27.3 Å². The SMILES string of the molecule is CC(N)C(c1cc(Br)cs1)N(C)CC1CCCCO1. The van der Waals surface area contributed by atoms with E-state index in [1.165, 1.54) is 24.1 Å². The van der Waals surface area contributed by atoms with E-state index in [0.717, 1.165) is 17.6 Å². The Morgan fingerprint density at radius 1 is 1.58 bits per heavy atom. The Balaban J connectivity index is 2.01. The molecule has 108 valence electrons. The van der Waals surface area contributed by atoms with Crippen molar-refractivity contribution in [2.24, 2.45) is 5.73 Å². The Bertz CT molecular complexity index is 391. The van der Waals surface area contributed by atoms with E-state index >= 15 is 0 Å². The molecule has 1 aromatic rings. The molecule has 1 aliphatic heterocycles. The molecule has 1 aromatic heterocycles. The molecule has 0 amide bonds. The highest BCUT2D eigenvalue weighted by Crippen LogP contribution is 2.31. The van der Waals surface area contributed by atoms with E-state index in [4.69, 9.17) is 10.5 Å². The van der Waals surface area contributed by atoms with Gasteiger partial charge in [-0.15, -0.1) is 11.3 Å². The van der Waals surface area contributed by atoms with Crippen LogP contribution < -0.4 is 5.73 Å². The molecule has 3 nitrogen and oxygen atoms in total. The highest BCUT2D eigenvalue weighted by molar-refractivity contribution is 9.10. The van der Waals surface area contributed by atoms with E-state index in [-0.39, 0.29) is 12.1 Å². The molecule has 3 atom stereocenters. The Morgan fingerprint density at radius 2 is 2.37 bits per heavy atom. The Hall–Kier alpha value is 0.0600. The van der Waals surface area contributed by atoms with Gasteiger partial charge in [0.15, 0.2) is 0 Å². The Morgan fingerprint density at radius 3 is 2.89 bits per heavy atom. The van der Waals surface area contributed by atoms with Crippen LogP contribution in [-0.2, 0) is 4.74 Å². The number of halogens is 1. The average Bonchev–Trinajstić information content (AvgIpc) is 2.76. The third kappa shape index (κ3) is 4.26. The number of rotatable bonds is 5. The molecule has 0 bridgehead atoms. The van der Waals surface area contributed by atoms with Gasteiger partial charge < -0.3 is 10.5 Å². The van der Waals surface area contributed by atoms with E-state index in [1.807, 2.05) is 0 Å². The summed E-state index contributed by atoms with van der Waals surface area (Å²) in [5.74, 6) is 0. The molecule has 0 spiro atoms. The predicted molar refractivity (Wildman–Crippen MR) is 84.6 cm³/mol. The van der Waals surface area contributed by atoms with Gasteiger partial charge in [-0.25, -0.2) is 0 Å². The molecule has 1 fully saturated rings. The maximum atomic E-state index is 6.19. The summed E-state index contributed by atoms with van der Waals surface area (Å²) >= 11 is 5.29. The van der Waals surface area contributed by atoms with Crippen molar-refractivity contribution in [1.82, 2.24) is 4.90 Å². The standard InChI is InChI=1S/C14H23BrN2OS/c1-10(16)14(13-7-11(15)9-19-13)17(2)8-12-5-3-4-6-18-12/h7,9-10,12,14H,3-6,8,16H2,1-2H3. The van der Waals surface area contributed by atoms with Crippen LogP contribution in [0, 0.1) is 0 Å². The number of hydrogen-bond donors (Lipinski definition) is 1. The van der Waals surface area contributed by atoms with Crippen LogP contribution in [0.3, 0.4) is 0 Å². The van der Waals surface area contributed by atoms with E-state index in [2.05, 4.69) is 46.2 Å². The van der Waals surface area contributed by atoms with Gasteiger partial charge in [0, 0.05) is 33.9 Å². The van der Waals surface area contributed by atoms with Crippen LogP contribution >= 0.6 is 27.3 Å². The monoisotopic (exact) mass is 346 g/mol. The molecule has 2 heterocycles. The van der Waals surface area contributed by atoms with Crippen LogP contribution in [0.15, 0.2) is 15.9 Å². The minimum Gasteiger partial charge on any atom is -0.377 e. The van der Waals surface area contributed by atoms with Crippen molar-refractivity contribution in [2.75, 3.05) is 20.2 Å². The molecular formula is C14H23BrN2OS. The highest BCUT2D eigenvalue weighted by Gasteiger charge is 2.26. The lowest BCUT2D eigenvalue weighted by Gasteiger charge is -2.34. The lowest BCUT2D eigenvalue weighted by atomic mass is 10.0. The van der Waals surface area contributed by atoms with Crippen LogP contribution in [0.2, 0.25) is 0 Å². The molecule has 1 aliphatic rings. The van der Waals surface area contributed by atoms with Crippen LogP contribution in [0.4, 0.5) is 0 Å². The Labute approximate surface area is 128 Å². The molecule has 19 heavy (non-hydrogen) atoms. The first-order valence-electron chi connectivity index (χ1n) is 6.89. The zero-order chi connectivity index (χ0) is 13.8. The van der Waals surface area contributed by atoms with Crippen molar-refractivity contribution in [1.29, 1.82) is 0 Å². The summed E-state index contributed by atoms with van der Waals surface area (Å²) in [6.07, 6.45) is 4.02. The minimum atomic E-state index is 0.110. The van der Waals surface area contributed by atoms with Gasteiger partial charge in [-0.05, 0) is 55.2 Å². The second kappa shape index (κ2) is 7.18. The third-order valence-electron chi connectivity index (χ3n) is 3.62. The molecule has 0 aromatic carbocycles. The van der Waals surface area contributed by atoms with Crippen LogP contribution in [0.1, 0.15) is 37.1 Å². The van der Waals surface area contributed by atoms with Crippen molar-refractivity contribution in [3.8, 4) is 0 Å². The molecule has 0 saturated carbocycles. The van der Waals surface area contributed by atoms with Crippen molar-refractivity contribution in [3.63, 3.8) is 0 Å². The van der Waals surface area contributed by atoms with Crippen molar-refractivity contribution < 1.29 is 4.74 Å². The summed E-state index contributed by atoms with van der Waals surface area (Å²) < 4.78 is 6.97. The zero-order valence-electron chi connectivity index (χ0n) is 11.6. The molecule has 0 aliphatic carbocycles. The van der Waals surface area contributed by atoms with Gasteiger partial charge >= 0.3 is 0 Å². The smallest absolute Gasteiger partial charge is 0.0702 e. The maximum absolute atomic E-state index is 6.19. The highest BCUT2D eigenvalue weighted by atomic mass is 79.9. The largest absolute Gasteiger partial charge is 0.377 e. The van der Waals surface area contributed by atoms with E-state index in [0.29, 0.717) is 6.10 Å². The lowest BCUT2D eigenvalue weighted by molar-refractivity contribution is -0.00958.